The van der Waals surface area contributed by atoms with E-state index in [-0.39, 0.29) is 42.5 Å². The molecule has 0 spiro atoms. The molecule has 5 aromatic carbocycles. The van der Waals surface area contributed by atoms with Crippen LogP contribution in [0.2, 0.25) is 0 Å². The van der Waals surface area contributed by atoms with Crippen molar-refractivity contribution in [2.75, 3.05) is 0 Å². The third-order valence-corrected chi connectivity index (χ3v) is 15.3. The number of nitrogens with one attached hydrogen (secondary N) is 3. The molecule has 0 radical (unpaired) electrons. The number of aromatic nitrogens is 1. The minimum atomic E-state index is 0.00703. The normalized spacial score (nSPS) is 30.2. The largest absolute Gasteiger partial charge is 0.370 e. The van der Waals surface area contributed by atoms with Gasteiger partial charge in [0, 0.05) is 37.9 Å². The first kappa shape index (κ1) is 35.8. The summed E-state index contributed by atoms with van der Waals surface area (Å²) in [6.45, 7) is 4.82. The van der Waals surface area contributed by atoms with Gasteiger partial charge in [-0.2, -0.15) is 0 Å². The maximum Gasteiger partial charge on any atom is 0.0861 e. The van der Waals surface area contributed by atoms with E-state index in [1.165, 1.54) is 59.9 Å². The van der Waals surface area contributed by atoms with Crippen molar-refractivity contribution in [1.29, 1.82) is 0 Å². The molecule has 0 saturated carbocycles. The molecule has 2 aliphatic heterocycles. The topological polar surface area (TPSA) is 50.2 Å². The highest BCUT2D eigenvalue weighted by Crippen LogP contribution is 2.50. The van der Waals surface area contributed by atoms with Crippen molar-refractivity contribution in [3.05, 3.63) is 173 Å². The molecule has 59 heavy (non-hydrogen) atoms. The highest BCUT2D eigenvalue weighted by atomic mass is 32.1. The lowest BCUT2D eigenvalue weighted by molar-refractivity contribution is 0.0409. The standard InChI is InChI=1S/C53H50N4OS/c1-31-26-41(53-55-51(34-16-7-4-8-17-34)54-52(56-53)35-28-32(2)48-39-19-10-12-23-46(39)59-47(48)29-35)50-40-30-36(24-25-44(40)58-45(50)27-31)57-42-21-11-9-18-38(42)49-37(20-13-22-43(49)57)33-14-5-3-6-15-33/h3-26,30-32,35,40,44-45,50-56H,27-29H2,1-2H3. The van der Waals surface area contributed by atoms with E-state index in [1.807, 2.05) is 11.3 Å². The van der Waals surface area contributed by atoms with Gasteiger partial charge in [0.15, 0.2) is 0 Å². The number of hydrogen-bond acceptors (Lipinski definition) is 5. The lowest BCUT2D eigenvalue weighted by atomic mass is 9.72. The first-order valence-electron chi connectivity index (χ1n) is 21.7. The summed E-state index contributed by atoms with van der Waals surface area (Å²) in [6, 6.07) is 46.6. The van der Waals surface area contributed by atoms with Gasteiger partial charge in [-0.3, -0.25) is 16.0 Å². The smallest absolute Gasteiger partial charge is 0.0861 e. The first-order chi connectivity index (χ1) is 29.1. The number of nitrogens with zero attached hydrogens (tertiary/aromatic N) is 1. The van der Waals surface area contributed by atoms with Crippen LogP contribution in [0.3, 0.4) is 0 Å². The third kappa shape index (κ3) is 5.95. The number of fused-ring (bicyclic) bond motifs is 9. The highest BCUT2D eigenvalue weighted by molar-refractivity contribution is 7.19. The van der Waals surface area contributed by atoms with E-state index in [1.54, 1.807) is 10.4 Å². The number of hydrogen-bond donors (Lipinski definition) is 3. The molecule has 2 fully saturated rings. The second-order valence-corrected chi connectivity index (χ2v) is 18.9. The SMILES string of the molecule is CC1C=C(C2NC(c3ccccc3)NC(C3Cc4sc5ccccc5c4C(C)C3)N2)C2C(C1)OC1C=CC(n3c4ccccc4c4c(-c5ccccc5)cccc43)=CC12. The Hall–Kier alpha value is -5.08. The predicted octanol–water partition coefficient (Wildman–Crippen LogP) is 11.6. The van der Waals surface area contributed by atoms with Gasteiger partial charge in [-0.15, -0.1) is 11.3 Å². The minimum Gasteiger partial charge on any atom is -0.370 e. The summed E-state index contributed by atoms with van der Waals surface area (Å²) in [5.74, 6) is 1.87. The summed E-state index contributed by atoms with van der Waals surface area (Å²) >= 11 is 2.01. The molecule has 12 rings (SSSR count). The quantitative estimate of drug-likeness (QED) is 0.152. The van der Waals surface area contributed by atoms with E-state index in [9.17, 15) is 0 Å². The summed E-state index contributed by atoms with van der Waals surface area (Å²) in [4.78, 5) is 1.56. The van der Waals surface area contributed by atoms with E-state index >= 15 is 0 Å². The summed E-state index contributed by atoms with van der Waals surface area (Å²) in [7, 11) is 0. The molecule has 6 heteroatoms. The fourth-order valence-corrected chi connectivity index (χ4v) is 13.1. The van der Waals surface area contributed by atoms with Crippen LogP contribution in [-0.4, -0.2) is 29.1 Å². The second kappa shape index (κ2) is 14.3. The Kier molecular flexibility index (Phi) is 8.68. The van der Waals surface area contributed by atoms with E-state index in [4.69, 9.17) is 4.74 Å². The fraction of sp³-hybridized carbons (Fsp3) is 0.283. The van der Waals surface area contributed by atoms with E-state index in [2.05, 4.69) is 186 Å². The maximum absolute atomic E-state index is 7.06. The number of ether oxygens (including phenoxy) is 1. The molecular weight excluding hydrogens is 741 g/mol. The van der Waals surface area contributed by atoms with Crippen LogP contribution in [0, 0.1) is 23.7 Å². The van der Waals surface area contributed by atoms with Gasteiger partial charge in [0.2, 0.25) is 0 Å². The van der Waals surface area contributed by atoms with E-state index in [0.717, 1.165) is 19.3 Å². The van der Waals surface area contributed by atoms with Crippen LogP contribution in [0.1, 0.15) is 54.8 Å². The van der Waals surface area contributed by atoms with Gasteiger partial charge in [-0.25, -0.2) is 0 Å². The Bertz CT molecular complexity index is 2820. The molecule has 5 nitrogen and oxygen atoms in total. The van der Waals surface area contributed by atoms with Crippen molar-refractivity contribution >= 4 is 48.9 Å². The molecule has 4 heterocycles. The molecule has 5 aliphatic rings. The monoisotopic (exact) mass is 790 g/mol. The average Bonchev–Trinajstić information content (AvgIpc) is 3.96. The number of para-hydroxylation sites is 1. The van der Waals surface area contributed by atoms with E-state index in [0.29, 0.717) is 17.8 Å². The summed E-state index contributed by atoms with van der Waals surface area (Å²) < 4.78 is 11.0. The molecule has 3 aliphatic carbocycles. The van der Waals surface area contributed by atoms with Crippen molar-refractivity contribution in [2.24, 2.45) is 23.7 Å². The van der Waals surface area contributed by atoms with Gasteiger partial charge in [0.1, 0.15) is 0 Å². The highest BCUT2D eigenvalue weighted by Gasteiger charge is 2.50. The molecule has 3 N–H and O–H groups in total. The molecule has 2 aromatic heterocycles. The third-order valence-electron chi connectivity index (χ3n) is 14.1. The Morgan fingerprint density at radius 2 is 1.44 bits per heavy atom. The average molecular weight is 791 g/mol. The van der Waals surface area contributed by atoms with Crippen LogP contribution in [0.15, 0.2) is 157 Å². The number of thiophene rings is 1. The maximum atomic E-state index is 7.06. The van der Waals surface area contributed by atoms with Crippen molar-refractivity contribution in [2.45, 2.75) is 69.7 Å². The molecular formula is C53H50N4OS. The Morgan fingerprint density at radius 1 is 0.695 bits per heavy atom. The van der Waals surface area contributed by atoms with Crippen LogP contribution in [0.5, 0.6) is 0 Å². The van der Waals surface area contributed by atoms with Crippen LogP contribution in [-0.2, 0) is 11.2 Å². The van der Waals surface area contributed by atoms with Gasteiger partial charge in [-0.05, 0) is 94.5 Å². The molecule has 0 bridgehead atoms. The van der Waals surface area contributed by atoms with Crippen LogP contribution < -0.4 is 16.0 Å². The Balaban J connectivity index is 0.924. The molecule has 2 saturated heterocycles. The van der Waals surface area contributed by atoms with Gasteiger partial charge >= 0.3 is 0 Å². The van der Waals surface area contributed by atoms with Gasteiger partial charge in [0.05, 0.1) is 41.7 Å². The predicted molar refractivity (Wildman–Crippen MR) is 244 cm³/mol. The van der Waals surface area contributed by atoms with Crippen LogP contribution >= 0.6 is 11.3 Å². The lowest BCUT2D eigenvalue weighted by Crippen LogP contribution is -2.67. The molecule has 294 valence electrons. The van der Waals surface area contributed by atoms with Crippen molar-refractivity contribution in [3.63, 3.8) is 0 Å². The Labute approximate surface area is 350 Å². The van der Waals surface area contributed by atoms with Crippen molar-refractivity contribution in [3.8, 4) is 11.1 Å². The van der Waals surface area contributed by atoms with Crippen LogP contribution in [0.25, 0.3) is 48.7 Å². The van der Waals surface area contributed by atoms with E-state index < -0.39 is 0 Å². The molecule has 0 amide bonds. The number of rotatable bonds is 5. The summed E-state index contributed by atoms with van der Waals surface area (Å²) in [5.41, 5.74) is 10.5. The second-order valence-electron chi connectivity index (χ2n) is 17.8. The first-order valence-corrected chi connectivity index (χ1v) is 22.6. The molecule has 10 atom stereocenters. The van der Waals surface area contributed by atoms with Crippen LogP contribution in [0.4, 0.5) is 0 Å². The summed E-state index contributed by atoms with van der Waals surface area (Å²) in [6.07, 6.45) is 13.5. The zero-order chi connectivity index (χ0) is 39.2. The van der Waals surface area contributed by atoms with Crippen molar-refractivity contribution < 1.29 is 4.74 Å². The lowest BCUT2D eigenvalue weighted by Gasteiger charge is -2.47. The fourth-order valence-electron chi connectivity index (χ4n) is 11.7. The minimum absolute atomic E-state index is 0.00703. The van der Waals surface area contributed by atoms with Gasteiger partial charge < -0.3 is 9.30 Å². The van der Waals surface area contributed by atoms with Crippen molar-refractivity contribution in [1.82, 2.24) is 20.5 Å². The number of allylic oxidation sites excluding steroid dienone is 3. The molecule has 10 unspecified atom stereocenters. The molecule has 7 aromatic rings. The summed E-state index contributed by atoms with van der Waals surface area (Å²) in [5, 5.41) is 16.5. The van der Waals surface area contributed by atoms with Gasteiger partial charge in [-0.1, -0.05) is 141 Å². The zero-order valence-corrected chi connectivity index (χ0v) is 34.4. The Morgan fingerprint density at radius 3 is 2.31 bits per heavy atom. The number of benzene rings is 5. The van der Waals surface area contributed by atoms with Gasteiger partial charge in [0.25, 0.3) is 0 Å². The zero-order valence-electron chi connectivity index (χ0n) is 33.6.